The quantitative estimate of drug-likeness (QED) is 0.496. The van der Waals surface area contributed by atoms with E-state index in [1.54, 1.807) is 0 Å². The second-order valence-electron chi connectivity index (χ2n) is 2.18. The summed E-state index contributed by atoms with van der Waals surface area (Å²) in [5, 5.41) is 17.1. The molecule has 64 valence electrons. The Bertz CT molecular complexity index is 157. The van der Waals surface area contributed by atoms with Crippen molar-refractivity contribution < 1.29 is 19.8 Å². The van der Waals surface area contributed by atoms with Gasteiger partial charge >= 0.3 is 11.9 Å². The summed E-state index contributed by atoms with van der Waals surface area (Å²) in [6, 6.07) is 0. The normalized spacial score (nSPS) is 11.1. The zero-order valence-corrected chi connectivity index (χ0v) is 6.76. The van der Waals surface area contributed by atoms with E-state index in [-0.39, 0.29) is 6.42 Å². The zero-order chi connectivity index (χ0) is 9.07. The molecule has 0 aliphatic rings. The van der Waals surface area contributed by atoms with Gasteiger partial charge in [-0.3, -0.25) is 9.59 Å². The highest BCUT2D eigenvalue weighted by Crippen LogP contribution is 2.24. The third-order valence-electron chi connectivity index (χ3n) is 1.65. The minimum atomic E-state index is -1.82. The maximum Gasteiger partial charge on any atom is 0.322 e. The zero-order valence-electron chi connectivity index (χ0n) is 6.00. The fraction of sp³-hybridized carbons (Fsp3) is 0.667. The van der Waals surface area contributed by atoms with Crippen LogP contribution in [0.25, 0.3) is 0 Å². The minimum Gasteiger partial charge on any atom is -0.480 e. The standard InChI is InChI=1S/C6H9ClO4/c1-2-6(3-7,4(8)9)5(10)11/h2-3H2,1H3,(H,8,9)(H,10,11). The molecule has 0 aromatic heterocycles. The van der Waals surface area contributed by atoms with Gasteiger partial charge in [0.1, 0.15) is 0 Å². The fourth-order valence-corrected chi connectivity index (χ4v) is 1.02. The van der Waals surface area contributed by atoms with Crippen LogP contribution in [0, 0.1) is 5.41 Å². The number of halogens is 1. The monoisotopic (exact) mass is 180 g/mol. The van der Waals surface area contributed by atoms with E-state index < -0.39 is 23.2 Å². The van der Waals surface area contributed by atoms with Crippen molar-refractivity contribution >= 4 is 23.5 Å². The first-order chi connectivity index (χ1) is 5.01. The van der Waals surface area contributed by atoms with Crippen LogP contribution in [0.3, 0.4) is 0 Å². The van der Waals surface area contributed by atoms with Crippen LogP contribution in [-0.4, -0.2) is 28.0 Å². The summed E-state index contributed by atoms with van der Waals surface area (Å²) in [4.78, 5) is 20.9. The van der Waals surface area contributed by atoms with Gasteiger partial charge in [-0.15, -0.1) is 11.6 Å². The lowest BCUT2D eigenvalue weighted by Gasteiger charge is -2.19. The first-order valence-electron chi connectivity index (χ1n) is 3.04. The molecular formula is C6H9ClO4. The van der Waals surface area contributed by atoms with Crippen LogP contribution in [0.15, 0.2) is 0 Å². The van der Waals surface area contributed by atoms with E-state index in [4.69, 9.17) is 21.8 Å². The second-order valence-corrected chi connectivity index (χ2v) is 2.45. The number of carboxylic acids is 2. The van der Waals surface area contributed by atoms with Crippen LogP contribution >= 0.6 is 11.6 Å². The van der Waals surface area contributed by atoms with Gasteiger partial charge in [0.05, 0.1) is 0 Å². The molecule has 0 aromatic carbocycles. The Labute approximate surface area is 68.8 Å². The molecule has 0 atom stereocenters. The van der Waals surface area contributed by atoms with Gasteiger partial charge < -0.3 is 10.2 Å². The number of rotatable bonds is 4. The smallest absolute Gasteiger partial charge is 0.322 e. The molecule has 0 unspecified atom stereocenters. The van der Waals surface area contributed by atoms with Crippen LogP contribution < -0.4 is 0 Å². The van der Waals surface area contributed by atoms with Gasteiger partial charge in [0.2, 0.25) is 0 Å². The van der Waals surface area contributed by atoms with E-state index in [1.165, 1.54) is 6.92 Å². The molecule has 0 saturated carbocycles. The minimum absolute atomic E-state index is 0.0127. The van der Waals surface area contributed by atoms with Crippen molar-refractivity contribution in [3.05, 3.63) is 0 Å². The predicted molar refractivity (Wildman–Crippen MR) is 38.7 cm³/mol. The van der Waals surface area contributed by atoms with Crippen molar-refractivity contribution in [3.63, 3.8) is 0 Å². The van der Waals surface area contributed by atoms with Gasteiger partial charge in [0, 0.05) is 5.88 Å². The Hall–Kier alpha value is -0.770. The molecule has 0 amide bonds. The lowest BCUT2D eigenvalue weighted by molar-refractivity contribution is -0.163. The predicted octanol–water partition coefficient (Wildman–Crippen LogP) is 0.791. The Morgan fingerprint density at radius 3 is 1.73 bits per heavy atom. The molecule has 11 heavy (non-hydrogen) atoms. The number of carboxylic acid groups (broad SMARTS) is 2. The SMILES string of the molecule is CCC(CCl)(C(=O)O)C(=O)O. The van der Waals surface area contributed by atoms with Gasteiger partial charge in [-0.25, -0.2) is 0 Å². The molecule has 0 bridgehead atoms. The van der Waals surface area contributed by atoms with Gasteiger partial charge in [-0.05, 0) is 6.42 Å². The maximum atomic E-state index is 10.5. The van der Waals surface area contributed by atoms with Crippen molar-refractivity contribution in [1.29, 1.82) is 0 Å². The van der Waals surface area contributed by atoms with Crippen LogP contribution in [0.4, 0.5) is 0 Å². The number of hydrogen-bond acceptors (Lipinski definition) is 2. The third-order valence-corrected chi connectivity index (χ3v) is 2.11. The number of carbonyl (C=O) groups is 2. The van der Waals surface area contributed by atoms with Crippen molar-refractivity contribution in [2.75, 3.05) is 5.88 Å². The van der Waals surface area contributed by atoms with Gasteiger partial charge in [0.15, 0.2) is 5.41 Å². The Balaban J connectivity index is 4.76. The average molecular weight is 181 g/mol. The van der Waals surface area contributed by atoms with Crippen LogP contribution in [0.2, 0.25) is 0 Å². The van der Waals surface area contributed by atoms with Crippen molar-refractivity contribution in [1.82, 2.24) is 0 Å². The van der Waals surface area contributed by atoms with Crippen LogP contribution in [0.5, 0.6) is 0 Å². The first-order valence-corrected chi connectivity index (χ1v) is 3.57. The highest BCUT2D eigenvalue weighted by Gasteiger charge is 2.44. The Morgan fingerprint density at radius 2 is 1.73 bits per heavy atom. The van der Waals surface area contributed by atoms with Gasteiger partial charge in [-0.2, -0.15) is 0 Å². The average Bonchev–Trinajstić information content (AvgIpc) is 1.90. The van der Waals surface area contributed by atoms with Gasteiger partial charge in [-0.1, -0.05) is 6.92 Å². The number of alkyl halides is 1. The van der Waals surface area contributed by atoms with E-state index in [0.717, 1.165) is 0 Å². The molecule has 0 heterocycles. The molecule has 0 aliphatic carbocycles. The maximum absolute atomic E-state index is 10.5. The highest BCUT2D eigenvalue weighted by atomic mass is 35.5. The Kier molecular flexibility index (Phi) is 3.32. The lowest BCUT2D eigenvalue weighted by atomic mass is 9.88. The fourth-order valence-electron chi connectivity index (χ4n) is 0.603. The molecular weight excluding hydrogens is 172 g/mol. The van der Waals surface area contributed by atoms with E-state index in [9.17, 15) is 9.59 Å². The molecule has 5 heteroatoms. The summed E-state index contributed by atoms with van der Waals surface area (Å²) in [6.45, 7) is 1.48. The molecule has 0 saturated heterocycles. The summed E-state index contributed by atoms with van der Waals surface area (Å²) in [7, 11) is 0. The van der Waals surface area contributed by atoms with E-state index in [1.807, 2.05) is 0 Å². The summed E-state index contributed by atoms with van der Waals surface area (Å²) in [5.41, 5.74) is -1.82. The molecule has 0 aromatic rings. The van der Waals surface area contributed by atoms with Crippen molar-refractivity contribution in [3.8, 4) is 0 Å². The van der Waals surface area contributed by atoms with Crippen molar-refractivity contribution in [2.45, 2.75) is 13.3 Å². The molecule has 0 fully saturated rings. The van der Waals surface area contributed by atoms with Crippen molar-refractivity contribution in [2.24, 2.45) is 5.41 Å². The lowest BCUT2D eigenvalue weighted by Crippen LogP contribution is -2.40. The van der Waals surface area contributed by atoms with E-state index in [2.05, 4.69) is 0 Å². The molecule has 2 N–H and O–H groups in total. The number of hydrogen-bond donors (Lipinski definition) is 2. The summed E-state index contributed by atoms with van der Waals surface area (Å²) < 4.78 is 0. The van der Waals surface area contributed by atoms with Gasteiger partial charge in [0.25, 0.3) is 0 Å². The second kappa shape index (κ2) is 3.57. The summed E-state index contributed by atoms with van der Waals surface area (Å²) >= 11 is 5.25. The number of aliphatic carboxylic acids is 2. The summed E-state index contributed by atoms with van der Waals surface area (Å²) in [5.74, 6) is -3.18. The van der Waals surface area contributed by atoms with E-state index >= 15 is 0 Å². The molecule has 0 rings (SSSR count). The van der Waals surface area contributed by atoms with E-state index in [0.29, 0.717) is 0 Å². The Morgan fingerprint density at radius 1 is 1.36 bits per heavy atom. The largest absolute Gasteiger partial charge is 0.480 e. The van der Waals surface area contributed by atoms with Crippen LogP contribution in [-0.2, 0) is 9.59 Å². The van der Waals surface area contributed by atoms with Crippen LogP contribution in [0.1, 0.15) is 13.3 Å². The molecule has 0 radical (unpaired) electrons. The molecule has 0 spiro atoms. The topological polar surface area (TPSA) is 74.6 Å². The third kappa shape index (κ3) is 1.63. The highest BCUT2D eigenvalue weighted by molar-refractivity contribution is 6.22. The molecule has 0 aliphatic heterocycles. The molecule has 4 nitrogen and oxygen atoms in total. The summed E-state index contributed by atoms with van der Waals surface area (Å²) in [6.07, 6.45) is -0.0127. The first kappa shape index (κ1) is 10.2.